The first-order chi connectivity index (χ1) is 11.2. The fourth-order valence-electron chi connectivity index (χ4n) is 4.67. The minimum atomic E-state index is -0.316. The molecule has 0 bridgehead atoms. The number of hydrogen-bond acceptors (Lipinski definition) is 3. The molecule has 0 radical (unpaired) electrons. The van der Waals surface area contributed by atoms with Crippen LogP contribution in [-0.4, -0.2) is 41.5 Å². The van der Waals surface area contributed by atoms with Crippen molar-refractivity contribution in [3.8, 4) is 0 Å². The fourth-order valence-corrected chi connectivity index (χ4v) is 4.67. The van der Waals surface area contributed by atoms with Crippen LogP contribution in [-0.2, 0) is 4.79 Å². The zero-order chi connectivity index (χ0) is 15.9. The molecule has 3 heterocycles. The van der Waals surface area contributed by atoms with Crippen LogP contribution in [0.15, 0.2) is 18.3 Å². The van der Waals surface area contributed by atoms with E-state index < -0.39 is 0 Å². The van der Waals surface area contributed by atoms with Gasteiger partial charge in [0.05, 0.1) is 11.6 Å². The third-order valence-electron chi connectivity index (χ3n) is 5.92. The summed E-state index contributed by atoms with van der Waals surface area (Å²) in [5, 5.41) is 0. The number of halogens is 1. The topological polar surface area (TPSA) is 36.4 Å². The highest BCUT2D eigenvalue weighted by atomic mass is 19.1. The van der Waals surface area contributed by atoms with Crippen LogP contribution >= 0.6 is 0 Å². The molecule has 3 aliphatic rings. The van der Waals surface area contributed by atoms with Gasteiger partial charge < -0.3 is 9.80 Å². The van der Waals surface area contributed by atoms with E-state index in [1.165, 1.54) is 37.9 Å². The van der Waals surface area contributed by atoms with Crippen molar-refractivity contribution in [2.75, 3.05) is 24.5 Å². The molecule has 4 nitrogen and oxygen atoms in total. The quantitative estimate of drug-likeness (QED) is 0.841. The highest BCUT2D eigenvalue weighted by Crippen LogP contribution is 2.43. The van der Waals surface area contributed by atoms with E-state index in [0.29, 0.717) is 11.9 Å². The van der Waals surface area contributed by atoms with Crippen molar-refractivity contribution >= 4 is 11.7 Å². The van der Waals surface area contributed by atoms with E-state index in [0.717, 1.165) is 44.7 Å². The van der Waals surface area contributed by atoms with Crippen LogP contribution in [0.5, 0.6) is 0 Å². The Morgan fingerprint density at radius 3 is 2.70 bits per heavy atom. The van der Waals surface area contributed by atoms with E-state index in [4.69, 9.17) is 0 Å². The summed E-state index contributed by atoms with van der Waals surface area (Å²) in [6, 6.07) is 3.63. The summed E-state index contributed by atoms with van der Waals surface area (Å²) < 4.78 is 13.1. The van der Waals surface area contributed by atoms with Gasteiger partial charge in [0.25, 0.3) is 0 Å². The summed E-state index contributed by atoms with van der Waals surface area (Å²) in [6.45, 7) is 2.50. The predicted octanol–water partition coefficient (Wildman–Crippen LogP) is 2.98. The average Bonchev–Trinajstić information content (AvgIpc) is 3.22. The number of amides is 1. The van der Waals surface area contributed by atoms with Crippen LogP contribution in [0.2, 0.25) is 0 Å². The van der Waals surface area contributed by atoms with Gasteiger partial charge in [-0.1, -0.05) is 12.8 Å². The van der Waals surface area contributed by atoms with Crippen molar-refractivity contribution in [1.29, 1.82) is 0 Å². The molecule has 2 saturated heterocycles. The second-order valence-corrected chi connectivity index (χ2v) is 7.33. The van der Waals surface area contributed by atoms with Crippen LogP contribution < -0.4 is 4.90 Å². The van der Waals surface area contributed by atoms with Crippen LogP contribution in [0, 0.1) is 11.2 Å². The Kier molecular flexibility index (Phi) is 3.74. The molecule has 124 valence electrons. The number of carbonyl (C=O) groups is 1. The van der Waals surface area contributed by atoms with Gasteiger partial charge in [0.2, 0.25) is 5.91 Å². The predicted molar refractivity (Wildman–Crippen MR) is 86.7 cm³/mol. The Morgan fingerprint density at radius 2 is 1.96 bits per heavy atom. The number of piperidine rings is 1. The van der Waals surface area contributed by atoms with Crippen molar-refractivity contribution in [2.45, 2.75) is 51.0 Å². The number of rotatable bonds is 2. The summed E-state index contributed by atoms with van der Waals surface area (Å²) in [5.74, 6) is 0.832. The lowest BCUT2D eigenvalue weighted by Gasteiger charge is -2.42. The number of likely N-dealkylation sites (tertiary alicyclic amines) is 1. The molecule has 1 aromatic heterocycles. The Bertz CT molecular complexity index is 584. The number of hydrogen-bond donors (Lipinski definition) is 0. The normalized spacial score (nSPS) is 29.0. The molecule has 0 unspecified atom stereocenters. The van der Waals surface area contributed by atoms with E-state index in [2.05, 4.69) is 14.8 Å². The molecular weight excluding hydrogens is 293 g/mol. The molecule has 4 rings (SSSR count). The zero-order valence-corrected chi connectivity index (χ0v) is 13.5. The molecule has 2 aliphatic heterocycles. The standard InChI is InChI=1S/C18H24FN3O/c19-14-6-7-16(20-12-14)21-11-9-18(13-21)8-3-10-22(17(18)23)15-4-1-2-5-15/h6-7,12,15H,1-5,8-11,13H2/t18-/m0/s1. The maximum Gasteiger partial charge on any atom is 0.230 e. The molecule has 5 heteroatoms. The Labute approximate surface area is 136 Å². The molecule has 3 fully saturated rings. The Morgan fingerprint density at radius 1 is 1.13 bits per heavy atom. The average molecular weight is 317 g/mol. The van der Waals surface area contributed by atoms with Gasteiger partial charge >= 0.3 is 0 Å². The number of pyridine rings is 1. The first kappa shape index (κ1) is 14.9. The molecule has 23 heavy (non-hydrogen) atoms. The first-order valence-electron chi connectivity index (χ1n) is 8.86. The van der Waals surface area contributed by atoms with Gasteiger partial charge in [0.1, 0.15) is 11.6 Å². The summed E-state index contributed by atoms with van der Waals surface area (Å²) in [7, 11) is 0. The summed E-state index contributed by atoms with van der Waals surface area (Å²) in [6.07, 6.45) is 9.10. The maximum absolute atomic E-state index is 13.2. The smallest absolute Gasteiger partial charge is 0.230 e. The SMILES string of the molecule is O=C1N(C2CCCC2)CCC[C@@]12CCN(c1ccc(F)cn1)C2. The lowest BCUT2D eigenvalue weighted by molar-refractivity contribution is -0.147. The van der Waals surface area contributed by atoms with Crippen LogP contribution in [0.1, 0.15) is 44.9 Å². The highest BCUT2D eigenvalue weighted by Gasteiger charge is 2.50. The number of carbonyl (C=O) groups excluding carboxylic acids is 1. The van der Waals surface area contributed by atoms with Gasteiger partial charge in [-0.05, 0) is 44.2 Å². The van der Waals surface area contributed by atoms with E-state index in [-0.39, 0.29) is 11.2 Å². The molecule has 1 aromatic rings. The maximum atomic E-state index is 13.2. The monoisotopic (exact) mass is 317 g/mol. The minimum Gasteiger partial charge on any atom is -0.356 e. The minimum absolute atomic E-state index is 0.239. The third-order valence-corrected chi connectivity index (χ3v) is 5.92. The number of nitrogens with zero attached hydrogens (tertiary/aromatic N) is 3. The molecular formula is C18H24FN3O. The molecule has 0 N–H and O–H groups in total. The van der Waals surface area contributed by atoms with Crippen LogP contribution in [0.4, 0.5) is 10.2 Å². The Hall–Kier alpha value is -1.65. The molecule has 1 saturated carbocycles. The van der Waals surface area contributed by atoms with Gasteiger partial charge in [-0.3, -0.25) is 4.79 Å². The van der Waals surface area contributed by atoms with Crippen LogP contribution in [0.3, 0.4) is 0 Å². The molecule has 1 amide bonds. The molecule has 1 aliphatic carbocycles. The lowest BCUT2D eigenvalue weighted by atomic mass is 9.77. The van der Waals surface area contributed by atoms with E-state index in [1.807, 2.05) is 0 Å². The van der Waals surface area contributed by atoms with E-state index >= 15 is 0 Å². The van der Waals surface area contributed by atoms with Gasteiger partial charge in [0, 0.05) is 25.7 Å². The van der Waals surface area contributed by atoms with E-state index in [1.54, 1.807) is 6.07 Å². The third kappa shape index (κ3) is 2.60. The van der Waals surface area contributed by atoms with Gasteiger partial charge in [-0.2, -0.15) is 0 Å². The van der Waals surface area contributed by atoms with Gasteiger partial charge in [0.15, 0.2) is 0 Å². The molecule has 0 aromatic carbocycles. The van der Waals surface area contributed by atoms with Crippen molar-refractivity contribution in [1.82, 2.24) is 9.88 Å². The van der Waals surface area contributed by atoms with Gasteiger partial charge in [-0.25, -0.2) is 9.37 Å². The van der Waals surface area contributed by atoms with Crippen molar-refractivity contribution in [3.05, 3.63) is 24.1 Å². The van der Waals surface area contributed by atoms with Crippen molar-refractivity contribution in [3.63, 3.8) is 0 Å². The van der Waals surface area contributed by atoms with Gasteiger partial charge in [-0.15, -0.1) is 0 Å². The lowest BCUT2D eigenvalue weighted by Crippen LogP contribution is -2.53. The second-order valence-electron chi connectivity index (χ2n) is 7.33. The van der Waals surface area contributed by atoms with Crippen molar-refractivity contribution < 1.29 is 9.18 Å². The fraction of sp³-hybridized carbons (Fsp3) is 0.667. The largest absolute Gasteiger partial charge is 0.356 e. The Balaban J connectivity index is 1.51. The summed E-state index contributed by atoms with van der Waals surface area (Å²) in [5.41, 5.74) is -0.239. The summed E-state index contributed by atoms with van der Waals surface area (Å²) >= 11 is 0. The zero-order valence-electron chi connectivity index (χ0n) is 13.5. The summed E-state index contributed by atoms with van der Waals surface area (Å²) in [4.78, 5) is 21.7. The first-order valence-corrected chi connectivity index (χ1v) is 8.86. The van der Waals surface area contributed by atoms with E-state index in [9.17, 15) is 9.18 Å². The number of anilines is 1. The van der Waals surface area contributed by atoms with Crippen LogP contribution in [0.25, 0.3) is 0 Å². The number of aromatic nitrogens is 1. The molecule has 1 atom stereocenters. The highest BCUT2D eigenvalue weighted by molar-refractivity contribution is 5.85. The molecule has 1 spiro atoms. The second kappa shape index (κ2) is 5.77. The van der Waals surface area contributed by atoms with Crippen molar-refractivity contribution in [2.24, 2.45) is 5.41 Å².